The van der Waals surface area contributed by atoms with Crippen molar-refractivity contribution in [3.05, 3.63) is 0 Å². The van der Waals surface area contributed by atoms with E-state index < -0.39 is 5.60 Å². The zero-order valence-corrected chi connectivity index (χ0v) is 15.1. The summed E-state index contributed by atoms with van der Waals surface area (Å²) >= 11 is 0. The predicted octanol–water partition coefficient (Wildman–Crippen LogP) is 1.77. The van der Waals surface area contributed by atoms with Gasteiger partial charge in [-0.3, -0.25) is 9.69 Å². The molecule has 1 heterocycles. The molecule has 1 saturated heterocycles. The zero-order chi connectivity index (χ0) is 17.2. The summed E-state index contributed by atoms with van der Waals surface area (Å²) in [4.78, 5) is 17.3. The highest BCUT2D eigenvalue weighted by atomic mass is 16.3. The molecular formula is C19H34N2O3. The maximum atomic E-state index is 13.0. The van der Waals surface area contributed by atoms with Gasteiger partial charge in [0.2, 0.25) is 5.91 Å². The Labute approximate surface area is 146 Å². The molecule has 2 saturated carbocycles. The van der Waals surface area contributed by atoms with Crippen molar-refractivity contribution < 1.29 is 15.0 Å². The lowest BCUT2D eigenvalue weighted by atomic mass is 9.74. The summed E-state index contributed by atoms with van der Waals surface area (Å²) in [5.74, 6) is -0.102. The van der Waals surface area contributed by atoms with Gasteiger partial charge in [0.25, 0.3) is 0 Å². The minimum absolute atomic E-state index is 0.147. The number of carbonyl (C=O) groups is 1. The Morgan fingerprint density at radius 3 is 2.29 bits per heavy atom. The fourth-order valence-electron chi connectivity index (χ4n) is 5.14. The fraction of sp³-hybridized carbons (Fsp3) is 0.947. The van der Waals surface area contributed by atoms with E-state index in [1.165, 1.54) is 6.42 Å². The maximum absolute atomic E-state index is 13.0. The molecule has 24 heavy (non-hydrogen) atoms. The molecule has 138 valence electrons. The summed E-state index contributed by atoms with van der Waals surface area (Å²) < 4.78 is 0. The number of piperazine rings is 1. The second-order valence-electron chi connectivity index (χ2n) is 8.05. The molecule has 5 heteroatoms. The Bertz CT molecular complexity index is 428. The lowest BCUT2D eigenvalue weighted by molar-refractivity contribution is -0.151. The average Bonchev–Trinajstić information content (AvgIpc) is 3.02. The van der Waals surface area contributed by atoms with Gasteiger partial charge in [-0.15, -0.1) is 0 Å². The minimum atomic E-state index is -0.789. The van der Waals surface area contributed by atoms with Gasteiger partial charge in [0.05, 0.1) is 17.6 Å². The number of hydrogen-bond acceptors (Lipinski definition) is 4. The number of rotatable bonds is 4. The Morgan fingerprint density at radius 1 is 1.08 bits per heavy atom. The molecule has 1 aliphatic heterocycles. The molecule has 0 radical (unpaired) electrons. The third-order valence-electron chi connectivity index (χ3n) is 6.61. The van der Waals surface area contributed by atoms with Crippen LogP contribution in [0.5, 0.6) is 0 Å². The standard InChI is InChI=1S/C19H34N2O3/c1-2-15(19(24)9-4-3-5-10-19)18(23)21-13-11-20(12-14-21)16-7-6-8-17(16)22/h15-17,22,24H,2-14H2,1H3. The molecule has 1 amide bonds. The van der Waals surface area contributed by atoms with Crippen LogP contribution in [0.3, 0.4) is 0 Å². The van der Waals surface area contributed by atoms with Crippen molar-refractivity contribution in [2.24, 2.45) is 5.92 Å². The van der Waals surface area contributed by atoms with Crippen molar-refractivity contribution in [1.29, 1.82) is 0 Å². The van der Waals surface area contributed by atoms with E-state index in [1.807, 2.05) is 11.8 Å². The molecular weight excluding hydrogens is 304 g/mol. The first-order chi connectivity index (χ1) is 11.5. The van der Waals surface area contributed by atoms with Crippen LogP contribution in [0, 0.1) is 5.92 Å². The van der Waals surface area contributed by atoms with E-state index >= 15 is 0 Å². The Balaban J connectivity index is 1.57. The lowest BCUT2D eigenvalue weighted by Crippen LogP contribution is -2.57. The fourth-order valence-corrected chi connectivity index (χ4v) is 5.14. The first kappa shape index (κ1) is 18.2. The number of aliphatic hydroxyl groups excluding tert-OH is 1. The Kier molecular flexibility index (Phi) is 5.83. The third kappa shape index (κ3) is 3.63. The van der Waals surface area contributed by atoms with Crippen LogP contribution in [0.25, 0.3) is 0 Å². The van der Waals surface area contributed by atoms with Crippen LogP contribution in [-0.4, -0.2) is 69.8 Å². The van der Waals surface area contributed by atoms with Crippen molar-refractivity contribution >= 4 is 5.91 Å². The van der Waals surface area contributed by atoms with Gasteiger partial charge in [-0.05, 0) is 38.5 Å². The molecule has 3 aliphatic rings. The Morgan fingerprint density at radius 2 is 1.75 bits per heavy atom. The van der Waals surface area contributed by atoms with Gasteiger partial charge in [0.1, 0.15) is 0 Å². The van der Waals surface area contributed by atoms with Crippen LogP contribution < -0.4 is 0 Å². The smallest absolute Gasteiger partial charge is 0.228 e. The van der Waals surface area contributed by atoms with Gasteiger partial charge in [0.15, 0.2) is 0 Å². The molecule has 0 aromatic heterocycles. The number of carbonyl (C=O) groups excluding carboxylic acids is 1. The molecule has 3 unspecified atom stereocenters. The Hall–Kier alpha value is -0.650. The molecule has 5 nitrogen and oxygen atoms in total. The van der Waals surface area contributed by atoms with Gasteiger partial charge >= 0.3 is 0 Å². The van der Waals surface area contributed by atoms with E-state index in [1.54, 1.807) is 0 Å². The second-order valence-corrected chi connectivity index (χ2v) is 8.05. The summed E-state index contributed by atoms with van der Waals surface area (Å²) in [5, 5.41) is 21.1. The minimum Gasteiger partial charge on any atom is -0.391 e. The molecule has 2 aliphatic carbocycles. The average molecular weight is 338 g/mol. The molecule has 0 spiro atoms. The van der Waals surface area contributed by atoms with Gasteiger partial charge < -0.3 is 15.1 Å². The van der Waals surface area contributed by atoms with E-state index in [9.17, 15) is 15.0 Å². The second kappa shape index (κ2) is 7.71. The molecule has 0 bridgehead atoms. The summed E-state index contributed by atoms with van der Waals surface area (Å²) in [6.07, 6.45) is 8.40. The van der Waals surface area contributed by atoms with Crippen molar-refractivity contribution in [1.82, 2.24) is 9.80 Å². The van der Waals surface area contributed by atoms with Gasteiger partial charge in [-0.1, -0.05) is 26.2 Å². The van der Waals surface area contributed by atoms with Crippen LogP contribution >= 0.6 is 0 Å². The largest absolute Gasteiger partial charge is 0.391 e. The summed E-state index contributed by atoms with van der Waals surface area (Å²) in [6.45, 7) is 5.19. The number of nitrogens with zero attached hydrogens (tertiary/aromatic N) is 2. The molecule has 3 fully saturated rings. The van der Waals surface area contributed by atoms with E-state index in [-0.39, 0.29) is 24.0 Å². The van der Waals surface area contributed by atoms with E-state index in [0.717, 1.165) is 77.5 Å². The van der Waals surface area contributed by atoms with Gasteiger partial charge in [0, 0.05) is 32.2 Å². The van der Waals surface area contributed by atoms with Gasteiger partial charge in [-0.25, -0.2) is 0 Å². The zero-order valence-electron chi connectivity index (χ0n) is 15.1. The summed E-state index contributed by atoms with van der Waals surface area (Å²) in [7, 11) is 0. The topological polar surface area (TPSA) is 64.0 Å². The predicted molar refractivity (Wildman–Crippen MR) is 93.6 cm³/mol. The van der Waals surface area contributed by atoms with E-state index in [0.29, 0.717) is 0 Å². The van der Waals surface area contributed by atoms with Crippen LogP contribution in [-0.2, 0) is 4.79 Å². The van der Waals surface area contributed by atoms with Crippen LogP contribution in [0.15, 0.2) is 0 Å². The summed E-state index contributed by atoms with van der Waals surface area (Å²) in [5.41, 5.74) is -0.789. The first-order valence-corrected chi connectivity index (χ1v) is 9.98. The molecule has 0 aromatic carbocycles. The monoisotopic (exact) mass is 338 g/mol. The molecule has 3 rings (SSSR count). The van der Waals surface area contributed by atoms with E-state index in [2.05, 4.69) is 4.90 Å². The number of amides is 1. The SMILES string of the molecule is CCC(C(=O)N1CCN(C2CCCC2O)CC1)C1(O)CCCCC1. The maximum Gasteiger partial charge on any atom is 0.228 e. The van der Waals surface area contributed by atoms with E-state index in [4.69, 9.17) is 0 Å². The normalized spacial score (nSPS) is 32.7. The number of hydrogen-bond donors (Lipinski definition) is 2. The highest BCUT2D eigenvalue weighted by Gasteiger charge is 2.43. The van der Waals surface area contributed by atoms with Crippen LogP contribution in [0.4, 0.5) is 0 Å². The van der Waals surface area contributed by atoms with Crippen LogP contribution in [0.1, 0.15) is 64.7 Å². The van der Waals surface area contributed by atoms with Crippen LogP contribution in [0.2, 0.25) is 0 Å². The highest BCUT2D eigenvalue weighted by molar-refractivity contribution is 5.80. The molecule has 3 atom stereocenters. The van der Waals surface area contributed by atoms with Crippen molar-refractivity contribution in [3.63, 3.8) is 0 Å². The van der Waals surface area contributed by atoms with Crippen molar-refractivity contribution in [2.45, 2.75) is 82.5 Å². The first-order valence-electron chi connectivity index (χ1n) is 9.98. The number of aliphatic hydroxyl groups is 2. The summed E-state index contributed by atoms with van der Waals surface area (Å²) in [6, 6.07) is 0.284. The van der Waals surface area contributed by atoms with Crippen molar-refractivity contribution in [3.8, 4) is 0 Å². The van der Waals surface area contributed by atoms with Gasteiger partial charge in [-0.2, -0.15) is 0 Å². The third-order valence-corrected chi connectivity index (χ3v) is 6.61. The quantitative estimate of drug-likeness (QED) is 0.820. The highest BCUT2D eigenvalue weighted by Crippen LogP contribution is 2.37. The molecule has 2 N–H and O–H groups in total. The molecule has 0 aromatic rings. The van der Waals surface area contributed by atoms with Crippen molar-refractivity contribution in [2.75, 3.05) is 26.2 Å². The lowest BCUT2D eigenvalue weighted by Gasteiger charge is -2.43.